The molecule has 0 aromatic carbocycles. The normalized spacial score (nSPS) is 14.7. The maximum atomic E-state index is 12.0. The number of hydrogen-bond acceptors (Lipinski definition) is 4. The number of halogens is 1. The third kappa shape index (κ3) is 6.29. The lowest BCUT2D eigenvalue weighted by molar-refractivity contribution is -0.128. The number of nitrogens with one attached hydrogen (secondary N) is 2. The first-order valence-electron chi connectivity index (χ1n) is 8.35. The zero-order valence-corrected chi connectivity index (χ0v) is 17.0. The number of likely N-dealkylation sites (tertiary alicyclic amines) is 1. The van der Waals surface area contributed by atoms with Crippen LogP contribution in [-0.4, -0.2) is 48.1 Å². The summed E-state index contributed by atoms with van der Waals surface area (Å²) in [4.78, 5) is 18.3. The molecule has 0 atom stereocenters. The summed E-state index contributed by atoms with van der Waals surface area (Å²) in [6.07, 6.45) is 2.19. The number of hydrogen-bond donors (Lipinski definition) is 2. The second-order valence-corrected chi connectivity index (χ2v) is 6.01. The minimum atomic E-state index is 0. The van der Waals surface area contributed by atoms with E-state index in [1.54, 1.807) is 0 Å². The number of aliphatic imine (C=N–C) groups is 1. The van der Waals surface area contributed by atoms with Crippen molar-refractivity contribution in [3.8, 4) is 0 Å². The topological polar surface area (TPSA) is 82.8 Å². The fourth-order valence-corrected chi connectivity index (χ4v) is 2.41. The molecule has 1 aromatic rings. The van der Waals surface area contributed by atoms with Gasteiger partial charge >= 0.3 is 0 Å². The molecule has 1 aliphatic rings. The zero-order chi connectivity index (χ0) is 16.7. The summed E-state index contributed by atoms with van der Waals surface area (Å²) in [6, 6.07) is 1.94. The maximum absolute atomic E-state index is 12.0. The van der Waals surface area contributed by atoms with Gasteiger partial charge in [0.25, 0.3) is 0 Å². The van der Waals surface area contributed by atoms with Gasteiger partial charge in [0.05, 0.1) is 12.2 Å². The fraction of sp³-hybridized carbons (Fsp3) is 0.688. The highest BCUT2D eigenvalue weighted by Gasteiger charge is 2.17. The summed E-state index contributed by atoms with van der Waals surface area (Å²) in [5.74, 6) is 1.79. The van der Waals surface area contributed by atoms with E-state index in [2.05, 4.69) is 34.6 Å². The van der Waals surface area contributed by atoms with Crippen LogP contribution in [0.15, 0.2) is 15.6 Å². The molecule has 0 radical (unpaired) electrons. The summed E-state index contributed by atoms with van der Waals surface area (Å²) in [6.45, 7) is 9.24. The summed E-state index contributed by atoms with van der Waals surface area (Å²) in [7, 11) is 0. The van der Waals surface area contributed by atoms with E-state index in [0.29, 0.717) is 18.4 Å². The minimum Gasteiger partial charge on any atom is -0.359 e. The lowest BCUT2D eigenvalue weighted by Gasteiger charge is -2.14. The molecule has 1 saturated heterocycles. The molecule has 1 aliphatic heterocycles. The second-order valence-electron chi connectivity index (χ2n) is 6.01. The lowest BCUT2D eigenvalue weighted by Crippen LogP contribution is -2.38. The molecule has 0 spiro atoms. The molecule has 1 amide bonds. The Morgan fingerprint density at radius 2 is 2.08 bits per heavy atom. The van der Waals surface area contributed by atoms with Gasteiger partial charge in [0.15, 0.2) is 11.7 Å². The van der Waals surface area contributed by atoms with Gasteiger partial charge in [0.1, 0.15) is 6.54 Å². The first-order valence-corrected chi connectivity index (χ1v) is 8.35. The second kappa shape index (κ2) is 10.5. The number of amides is 1. The molecule has 1 fully saturated rings. The number of rotatable bonds is 6. The molecular weight excluding hydrogens is 421 g/mol. The average Bonchev–Trinajstić information content (AvgIpc) is 3.20. The molecule has 8 heteroatoms. The molecule has 2 heterocycles. The van der Waals surface area contributed by atoms with E-state index in [1.165, 1.54) is 0 Å². The molecule has 2 rings (SSSR count). The molecule has 0 unspecified atom stereocenters. The van der Waals surface area contributed by atoms with Crippen LogP contribution >= 0.6 is 24.0 Å². The van der Waals surface area contributed by atoms with Crippen molar-refractivity contribution >= 4 is 35.8 Å². The van der Waals surface area contributed by atoms with Crippen molar-refractivity contribution in [2.75, 3.05) is 26.2 Å². The van der Waals surface area contributed by atoms with Gasteiger partial charge in [-0.1, -0.05) is 19.0 Å². The first kappa shape index (κ1) is 20.7. The van der Waals surface area contributed by atoms with Gasteiger partial charge in [-0.2, -0.15) is 0 Å². The molecule has 136 valence electrons. The average molecular weight is 449 g/mol. The van der Waals surface area contributed by atoms with Crippen LogP contribution in [0.4, 0.5) is 0 Å². The highest BCUT2D eigenvalue weighted by molar-refractivity contribution is 14.0. The minimum absolute atomic E-state index is 0. The zero-order valence-electron chi connectivity index (χ0n) is 14.7. The lowest BCUT2D eigenvalue weighted by atomic mass is 10.1. The van der Waals surface area contributed by atoms with E-state index in [9.17, 15) is 4.79 Å². The predicted molar refractivity (Wildman–Crippen MR) is 105 cm³/mol. The van der Waals surface area contributed by atoms with Gasteiger partial charge in [-0.15, -0.1) is 24.0 Å². The van der Waals surface area contributed by atoms with E-state index < -0.39 is 0 Å². The van der Waals surface area contributed by atoms with E-state index in [0.717, 1.165) is 43.9 Å². The van der Waals surface area contributed by atoms with Crippen LogP contribution in [0.1, 0.15) is 51.0 Å². The smallest absolute Gasteiger partial charge is 0.244 e. The Balaban J connectivity index is 0.00000288. The molecule has 0 aliphatic carbocycles. The van der Waals surface area contributed by atoms with Crippen LogP contribution < -0.4 is 10.6 Å². The molecule has 0 saturated carbocycles. The highest BCUT2D eigenvalue weighted by atomic mass is 127. The van der Waals surface area contributed by atoms with Crippen molar-refractivity contribution in [3.63, 3.8) is 0 Å². The number of nitrogens with zero attached hydrogens (tertiary/aromatic N) is 3. The Hall–Kier alpha value is -1.32. The van der Waals surface area contributed by atoms with E-state index in [-0.39, 0.29) is 36.4 Å². The fourth-order valence-electron chi connectivity index (χ4n) is 2.41. The van der Waals surface area contributed by atoms with Gasteiger partial charge in [-0.05, 0) is 25.7 Å². The van der Waals surface area contributed by atoms with E-state index >= 15 is 0 Å². The maximum Gasteiger partial charge on any atom is 0.244 e. The molecule has 0 bridgehead atoms. The Bertz CT molecular complexity index is 538. The van der Waals surface area contributed by atoms with Gasteiger partial charge in [0, 0.05) is 25.7 Å². The van der Waals surface area contributed by atoms with Gasteiger partial charge in [-0.25, -0.2) is 4.99 Å². The van der Waals surface area contributed by atoms with Crippen molar-refractivity contribution in [3.05, 3.63) is 17.5 Å². The molecule has 24 heavy (non-hydrogen) atoms. The van der Waals surface area contributed by atoms with Crippen LogP contribution in [0.25, 0.3) is 0 Å². The number of guanidine groups is 1. The summed E-state index contributed by atoms with van der Waals surface area (Å²) >= 11 is 0. The largest absolute Gasteiger partial charge is 0.359 e. The van der Waals surface area contributed by atoms with Crippen molar-refractivity contribution in [1.82, 2.24) is 20.7 Å². The van der Waals surface area contributed by atoms with E-state index in [1.807, 2.05) is 17.9 Å². The van der Waals surface area contributed by atoms with Crippen LogP contribution in [0.2, 0.25) is 0 Å². The van der Waals surface area contributed by atoms with E-state index in [4.69, 9.17) is 4.52 Å². The number of carbonyl (C=O) groups excluding carboxylic acids is 1. The summed E-state index contributed by atoms with van der Waals surface area (Å²) in [5.41, 5.74) is 0.938. The van der Waals surface area contributed by atoms with Gasteiger partial charge < -0.3 is 20.1 Å². The molecule has 1 aromatic heterocycles. The molecular formula is C16H28IN5O2. The summed E-state index contributed by atoms with van der Waals surface area (Å²) in [5, 5.41) is 10.3. The van der Waals surface area contributed by atoms with Crippen LogP contribution in [0.3, 0.4) is 0 Å². The molecule has 2 N–H and O–H groups in total. The van der Waals surface area contributed by atoms with Crippen LogP contribution in [0, 0.1) is 0 Å². The van der Waals surface area contributed by atoms with Gasteiger partial charge in [0.2, 0.25) is 5.91 Å². The van der Waals surface area contributed by atoms with Crippen molar-refractivity contribution < 1.29 is 9.32 Å². The van der Waals surface area contributed by atoms with Gasteiger partial charge in [-0.3, -0.25) is 4.79 Å². The Kier molecular flexibility index (Phi) is 9.09. The van der Waals surface area contributed by atoms with Crippen LogP contribution in [-0.2, 0) is 11.3 Å². The standard InChI is InChI=1S/C16H27N5O2.HI/c1-4-17-16(19-11-15(22)21-7-5-6-8-21)18-10-13-9-14(12(2)3)20-23-13;/h9,12H,4-8,10-11H2,1-3H3,(H2,17,18,19);1H. The third-order valence-electron chi connectivity index (χ3n) is 3.77. The van der Waals surface area contributed by atoms with Crippen molar-refractivity contribution in [1.29, 1.82) is 0 Å². The SMILES string of the molecule is CCNC(=NCC(=O)N1CCCC1)NCc1cc(C(C)C)no1.I. The third-order valence-corrected chi connectivity index (χ3v) is 3.77. The summed E-state index contributed by atoms with van der Waals surface area (Å²) < 4.78 is 5.29. The highest BCUT2D eigenvalue weighted by Crippen LogP contribution is 2.13. The Labute approximate surface area is 160 Å². The van der Waals surface area contributed by atoms with Crippen molar-refractivity contribution in [2.24, 2.45) is 4.99 Å². The molecule has 7 nitrogen and oxygen atoms in total. The number of aromatic nitrogens is 1. The Morgan fingerprint density at radius 1 is 1.38 bits per heavy atom. The monoisotopic (exact) mass is 449 g/mol. The Morgan fingerprint density at radius 3 is 2.67 bits per heavy atom. The predicted octanol–water partition coefficient (Wildman–Crippen LogP) is 2.09. The van der Waals surface area contributed by atoms with Crippen LogP contribution in [0.5, 0.6) is 0 Å². The van der Waals surface area contributed by atoms with Crippen molar-refractivity contribution in [2.45, 2.75) is 46.1 Å². The number of carbonyl (C=O) groups is 1. The quantitative estimate of drug-likeness (QED) is 0.395. The first-order chi connectivity index (χ1) is 11.1.